The van der Waals surface area contributed by atoms with Crippen molar-refractivity contribution in [3.63, 3.8) is 0 Å². The molecule has 0 aliphatic carbocycles. The highest BCUT2D eigenvalue weighted by Crippen LogP contribution is 2.36. The van der Waals surface area contributed by atoms with Crippen LogP contribution >= 0.6 is 15.9 Å². The highest BCUT2D eigenvalue weighted by Gasteiger charge is 2.52. The number of nitrogens with zero attached hydrogens (tertiary/aromatic N) is 2. The van der Waals surface area contributed by atoms with Crippen LogP contribution in [-0.2, 0) is 14.0 Å². The highest BCUT2D eigenvalue weighted by molar-refractivity contribution is 9.10. The van der Waals surface area contributed by atoms with Gasteiger partial charge in [0, 0.05) is 11.9 Å². The Hall–Kier alpha value is -1.64. The lowest BCUT2D eigenvalue weighted by Gasteiger charge is -2.32. The number of aromatic nitrogens is 2. The number of imidazole rings is 1. The van der Waals surface area contributed by atoms with Gasteiger partial charge in [0.1, 0.15) is 0 Å². The molecule has 0 radical (unpaired) electrons. The average Bonchev–Trinajstić information content (AvgIpc) is 3.04. The van der Waals surface area contributed by atoms with Crippen molar-refractivity contribution in [3.05, 3.63) is 40.8 Å². The van der Waals surface area contributed by atoms with E-state index in [1.165, 1.54) is 7.11 Å². The Labute approximate surface area is 155 Å². The van der Waals surface area contributed by atoms with Crippen LogP contribution in [0.4, 0.5) is 0 Å². The fraction of sp³-hybridized carbons (Fsp3) is 0.412. The minimum atomic E-state index is -0.550. The molecule has 0 bridgehead atoms. The SMILES string of the molecule is COC(=O)c1cccc(-n2cc(B3OC(C)(C)C(C)(C)O3)nc2Br)c1. The summed E-state index contributed by atoms with van der Waals surface area (Å²) in [5.41, 5.74) is 1.05. The third-order valence-electron chi connectivity index (χ3n) is 4.72. The van der Waals surface area contributed by atoms with Crippen molar-refractivity contribution in [2.45, 2.75) is 38.9 Å². The molecule has 2 aromatic rings. The van der Waals surface area contributed by atoms with Crippen LogP contribution in [0.5, 0.6) is 0 Å². The fourth-order valence-corrected chi connectivity index (χ4v) is 3.05. The Kier molecular flexibility index (Phi) is 4.55. The number of carbonyl (C=O) groups excluding carboxylic acids is 1. The van der Waals surface area contributed by atoms with Gasteiger partial charge in [-0.25, -0.2) is 9.78 Å². The molecule has 0 N–H and O–H groups in total. The van der Waals surface area contributed by atoms with Crippen molar-refractivity contribution in [2.75, 3.05) is 7.11 Å². The number of ether oxygens (including phenoxy) is 1. The Balaban J connectivity index is 1.93. The van der Waals surface area contributed by atoms with Gasteiger partial charge in [-0.2, -0.15) is 0 Å². The summed E-state index contributed by atoms with van der Waals surface area (Å²) in [7, 11) is 0.810. The van der Waals surface area contributed by atoms with Gasteiger partial charge in [-0.3, -0.25) is 4.57 Å². The van der Waals surface area contributed by atoms with E-state index in [1.807, 2.05) is 44.5 Å². The molecule has 2 heterocycles. The van der Waals surface area contributed by atoms with E-state index < -0.39 is 18.3 Å². The van der Waals surface area contributed by atoms with E-state index in [-0.39, 0.29) is 5.97 Å². The molecule has 0 atom stereocenters. The zero-order valence-corrected chi connectivity index (χ0v) is 16.5. The van der Waals surface area contributed by atoms with Crippen LogP contribution in [0.15, 0.2) is 35.2 Å². The van der Waals surface area contributed by atoms with Gasteiger partial charge in [-0.1, -0.05) is 6.07 Å². The van der Waals surface area contributed by atoms with Crippen molar-refractivity contribution in [3.8, 4) is 5.69 Å². The molecule has 6 nitrogen and oxygen atoms in total. The van der Waals surface area contributed by atoms with Crippen LogP contribution in [0, 0.1) is 0 Å². The van der Waals surface area contributed by atoms with Crippen molar-refractivity contribution in [1.82, 2.24) is 9.55 Å². The zero-order chi connectivity index (χ0) is 18.4. The van der Waals surface area contributed by atoms with Crippen LogP contribution in [0.1, 0.15) is 38.1 Å². The molecule has 1 aromatic heterocycles. The van der Waals surface area contributed by atoms with Gasteiger partial charge in [0.25, 0.3) is 0 Å². The number of rotatable bonds is 3. The summed E-state index contributed by atoms with van der Waals surface area (Å²) in [5.74, 6) is -0.385. The topological polar surface area (TPSA) is 62.6 Å². The first-order valence-corrected chi connectivity index (χ1v) is 8.73. The number of halogens is 1. The third kappa shape index (κ3) is 3.26. The quantitative estimate of drug-likeness (QED) is 0.579. The summed E-state index contributed by atoms with van der Waals surface area (Å²) >= 11 is 3.46. The number of carbonyl (C=O) groups is 1. The summed E-state index contributed by atoms with van der Waals surface area (Å²) in [4.78, 5) is 16.2. The van der Waals surface area contributed by atoms with Gasteiger partial charge < -0.3 is 14.0 Å². The van der Waals surface area contributed by atoms with Crippen LogP contribution in [0.2, 0.25) is 0 Å². The molecule has 0 amide bonds. The molecule has 25 heavy (non-hydrogen) atoms. The normalized spacial score (nSPS) is 18.4. The Morgan fingerprint density at radius 3 is 2.48 bits per heavy atom. The number of hydrogen-bond acceptors (Lipinski definition) is 5. The highest BCUT2D eigenvalue weighted by atomic mass is 79.9. The maximum Gasteiger partial charge on any atom is 0.516 e. The Bertz CT molecular complexity index is 803. The smallest absolute Gasteiger partial charge is 0.465 e. The first kappa shape index (κ1) is 18.2. The van der Waals surface area contributed by atoms with Gasteiger partial charge in [0.15, 0.2) is 4.73 Å². The molecule has 1 fully saturated rings. The predicted octanol–water partition coefficient (Wildman–Crippen LogP) is 2.72. The lowest BCUT2D eigenvalue weighted by Crippen LogP contribution is -2.41. The molecule has 1 saturated heterocycles. The molecule has 0 spiro atoms. The lowest BCUT2D eigenvalue weighted by molar-refractivity contribution is 0.00578. The van der Waals surface area contributed by atoms with Crippen molar-refractivity contribution in [1.29, 1.82) is 0 Å². The second kappa shape index (κ2) is 6.27. The van der Waals surface area contributed by atoms with E-state index in [9.17, 15) is 4.79 Å². The van der Waals surface area contributed by atoms with Crippen LogP contribution in [0.3, 0.4) is 0 Å². The summed E-state index contributed by atoms with van der Waals surface area (Å²) in [5, 5.41) is 0. The molecule has 8 heteroatoms. The van der Waals surface area contributed by atoms with Gasteiger partial charge in [0.05, 0.1) is 29.5 Å². The molecule has 1 aliphatic heterocycles. The first-order chi connectivity index (χ1) is 11.6. The van der Waals surface area contributed by atoms with Gasteiger partial charge >= 0.3 is 13.1 Å². The van der Waals surface area contributed by atoms with E-state index in [2.05, 4.69) is 20.9 Å². The minimum absolute atomic E-state index is 0.385. The molecule has 1 aliphatic rings. The van der Waals surface area contributed by atoms with E-state index in [1.54, 1.807) is 18.2 Å². The maximum atomic E-state index is 11.7. The molecular formula is C17H20BBrN2O4. The number of hydrogen-bond donors (Lipinski definition) is 0. The minimum Gasteiger partial charge on any atom is -0.465 e. The summed E-state index contributed by atoms with van der Waals surface area (Å²) in [6.07, 6.45) is 1.84. The maximum absolute atomic E-state index is 11.7. The number of benzene rings is 1. The van der Waals surface area contributed by atoms with Crippen LogP contribution < -0.4 is 5.59 Å². The monoisotopic (exact) mass is 406 g/mol. The van der Waals surface area contributed by atoms with Gasteiger partial charge in [0.2, 0.25) is 0 Å². The second-order valence-corrected chi connectivity index (χ2v) is 7.64. The summed E-state index contributed by atoms with van der Waals surface area (Å²) in [6, 6.07) is 7.12. The van der Waals surface area contributed by atoms with Gasteiger partial charge in [-0.05, 0) is 61.8 Å². The molecule has 1 aromatic carbocycles. The standard InChI is InChI=1S/C17H20BBrN2O4/c1-16(2)17(3,4)25-18(24-16)13-10-21(15(19)20-13)12-8-6-7-11(9-12)14(22)23-5/h6-10H,1-5H3. The van der Waals surface area contributed by atoms with Crippen molar-refractivity contribution in [2.24, 2.45) is 0 Å². The van der Waals surface area contributed by atoms with E-state index in [0.717, 1.165) is 5.69 Å². The average molecular weight is 407 g/mol. The summed E-state index contributed by atoms with van der Waals surface area (Å²) in [6.45, 7) is 8.00. The van der Waals surface area contributed by atoms with E-state index >= 15 is 0 Å². The number of esters is 1. The third-order valence-corrected chi connectivity index (χ3v) is 5.28. The van der Waals surface area contributed by atoms with Crippen LogP contribution in [0.25, 0.3) is 5.69 Å². The second-order valence-electron chi connectivity index (χ2n) is 6.93. The van der Waals surface area contributed by atoms with Gasteiger partial charge in [-0.15, -0.1) is 0 Å². The predicted molar refractivity (Wildman–Crippen MR) is 98.3 cm³/mol. The molecule has 132 valence electrons. The first-order valence-electron chi connectivity index (χ1n) is 7.94. The molecule has 0 saturated carbocycles. The van der Waals surface area contributed by atoms with Crippen molar-refractivity contribution >= 4 is 34.6 Å². The van der Waals surface area contributed by atoms with Crippen LogP contribution in [-0.4, -0.2) is 41.0 Å². The lowest BCUT2D eigenvalue weighted by atomic mass is 9.86. The number of methoxy groups -OCH3 is 1. The molecular weight excluding hydrogens is 387 g/mol. The Morgan fingerprint density at radius 1 is 1.24 bits per heavy atom. The fourth-order valence-electron chi connectivity index (χ4n) is 2.53. The zero-order valence-electron chi connectivity index (χ0n) is 14.9. The molecule has 3 rings (SSSR count). The largest absolute Gasteiger partial charge is 0.516 e. The van der Waals surface area contributed by atoms with E-state index in [4.69, 9.17) is 14.0 Å². The molecule has 0 unspecified atom stereocenters. The Morgan fingerprint density at radius 2 is 1.88 bits per heavy atom. The van der Waals surface area contributed by atoms with E-state index in [0.29, 0.717) is 15.9 Å². The van der Waals surface area contributed by atoms with Crippen molar-refractivity contribution < 1.29 is 18.8 Å². The summed E-state index contributed by atoms with van der Waals surface area (Å²) < 4.78 is 19.3.